The van der Waals surface area contributed by atoms with Gasteiger partial charge in [-0.25, -0.2) is 0 Å². The van der Waals surface area contributed by atoms with Crippen LogP contribution in [0.5, 0.6) is 0 Å². The Morgan fingerprint density at radius 2 is 1.81 bits per heavy atom. The third-order valence-electron chi connectivity index (χ3n) is 3.74. The summed E-state index contributed by atoms with van der Waals surface area (Å²) in [6.07, 6.45) is 0. The zero-order valence-electron chi connectivity index (χ0n) is 12.2. The van der Waals surface area contributed by atoms with Crippen LogP contribution in [0.25, 0.3) is 0 Å². The Kier molecular flexibility index (Phi) is 5.30. The van der Waals surface area contributed by atoms with Crippen molar-refractivity contribution in [2.24, 2.45) is 5.73 Å². The van der Waals surface area contributed by atoms with Crippen LogP contribution in [0.1, 0.15) is 11.6 Å². The first-order chi connectivity index (χ1) is 10.1. The first kappa shape index (κ1) is 15.5. The van der Waals surface area contributed by atoms with E-state index in [4.69, 9.17) is 5.73 Å². The maximum Gasteiger partial charge on any atom is 0.319 e. The van der Waals surface area contributed by atoms with Gasteiger partial charge in [0.15, 0.2) is 0 Å². The number of methoxy groups -OCH3 is 1. The highest BCUT2D eigenvalue weighted by molar-refractivity contribution is 5.81. The van der Waals surface area contributed by atoms with Gasteiger partial charge in [0.1, 0.15) is 6.04 Å². The molecule has 1 saturated heterocycles. The monoisotopic (exact) mass is 291 g/mol. The molecule has 6 heteroatoms. The van der Waals surface area contributed by atoms with Crippen molar-refractivity contribution >= 4 is 11.9 Å². The minimum Gasteiger partial charge on any atom is -0.468 e. The molecule has 1 heterocycles. The number of hydrogen-bond donors (Lipinski definition) is 1. The molecule has 0 aromatic heterocycles. The summed E-state index contributed by atoms with van der Waals surface area (Å²) in [5.74, 6) is -0.583. The minimum absolute atomic E-state index is 0.238. The number of primary amides is 1. The van der Waals surface area contributed by atoms with E-state index >= 15 is 0 Å². The lowest BCUT2D eigenvalue weighted by molar-refractivity contribution is -0.142. The van der Waals surface area contributed by atoms with Crippen LogP contribution < -0.4 is 5.73 Å². The number of ether oxygens (including phenoxy) is 1. The molecule has 1 unspecified atom stereocenters. The standard InChI is InChI=1S/C15H21N3O3/c1-21-13(19)11-17-7-9-18(10-8-17)14(15(16)20)12-5-3-2-4-6-12/h2-6,14H,7-11H2,1H3,(H2,16,20). The Labute approximate surface area is 124 Å². The molecule has 0 spiro atoms. The highest BCUT2D eigenvalue weighted by atomic mass is 16.5. The molecule has 0 bridgehead atoms. The molecule has 1 amide bonds. The molecule has 2 N–H and O–H groups in total. The third kappa shape index (κ3) is 4.03. The molecule has 1 aliphatic heterocycles. The second-order valence-electron chi connectivity index (χ2n) is 5.10. The maximum absolute atomic E-state index is 11.8. The molecule has 1 aromatic carbocycles. The highest BCUT2D eigenvalue weighted by Gasteiger charge is 2.29. The average Bonchev–Trinajstić information content (AvgIpc) is 2.50. The van der Waals surface area contributed by atoms with Crippen molar-refractivity contribution in [1.29, 1.82) is 0 Å². The second kappa shape index (κ2) is 7.19. The summed E-state index contributed by atoms with van der Waals surface area (Å²) in [5, 5.41) is 0. The average molecular weight is 291 g/mol. The number of hydrogen-bond acceptors (Lipinski definition) is 5. The van der Waals surface area contributed by atoms with Crippen LogP contribution >= 0.6 is 0 Å². The van der Waals surface area contributed by atoms with Gasteiger partial charge in [0.2, 0.25) is 5.91 Å². The number of nitrogens with zero attached hydrogens (tertiary/aromatic N) is 2. The van der Waals surface area contributed by atoms with Crippen LogP contribution in [0, 0.1) is 0 Å². The predicted octanol–water partition coefficient (Wildman–Crippen LogP) is 0.00360. The molecule has 2 rings (SSSR count). The molecule has 1 aliphatic rings. The molecular formula is C15H21N3O3. The van der Waals surface area contributed by atoms with E-state index in [1.54, 1.807) is 0 Å². The number of nitrogens with two attached hydrogens (primary N) is 1. The Morgan fingerprint density at radius 3 is 2.33 bits per heavy atom. The van der Waals surface area contributed by atoms with E-state index in [9.17, 15) is 9.59 Å². The van der Waals surface area contributed by atoms with E-state index in [-0.39, 0.29) is 18.4 Å². The third-order valence-corrected chi connectivity index (χ3v) is 3.74. The zero-order valence-corrected chi connectivity index (χ0v) is 12.2. The SMILES string of the molecule is COC(=O)CN1CCN(C(C(N)=O)c2ccccc2)CC1. The summed E-state index contributed by atoms with van der Waals surface area (Å²) in [6, 6.07) is 9.13. The van der Waals surface area contributed by atoms with Crippen molar-refractivity contribution in [2.75, 3.05) is 39.8 Å². The van der Waals surface area contributed by atoms with Gasteiger partial charge in [-0.3, -0.25) is 19.4 Å². The molecule has 0 radical (unpaired) electrons. The van der Waals surface area contributed by atoms with E-state index in [2.05, 4.69) is 9.64 Å². The van der Waals surface area contributed by atoms with E-state index in [0.717, 1.165) is 5.56 Å². The summed E-state index contributed by atoms with van der Waals surface area (Å²) in [6.45, 7) is 3.10. The molecule has 0 saturated carbocycles. The normalized spacial score (nSPS) is 18.1. The predicted molar refractivity (Wildman–Crippen MR) is 78.4 cm³/mol. The number of carbonyl (C=O) groups is 2. The van der Waals surface area contributed by atoms with Crippen molar-refractivity contribution < 1.29 is 14.3 Å². The fourth-order valence-electron chi connectivity index (χ4n) is 2.62. The molecule has 21 heavy (non-hydrogen) atoms. The van der Waals surface area contributed by atoms with E-state index in [1.165, 1.54) is 7.11 Å². The Bertz CT molecular complexity index is 484. The van der Waals surface area contributed by atoms with Crippen molar-refractivity contribution in [3.05, 3.63) is 35.9 Å². The Balaban J connectivity index is 1.99. The fourth-order valence-corrected chi connectivity index (χ4v) is 2.62. The molecule has 1 fully saturated rings. The lowest BCUT2D eigenvalue weighted by Gasteiger charge is -2.37. The number of carbonyl (C=O) groups excluding carboxylic acids is 2. The van der Waals surface area contributed by atoms with Crippen molar-refractivity contribution in [3.8, 4) is 0 Å². The van der Waals surface area contributed by atoms with Crippen LogP contribution in [0.15, 0.2) is 30.3 Å². The molecule has 114 valence electrons. The Morgan fingerprint density at radius 1 is 1.19 bits per heavy atom. The molecular weight excluding hydrogens is 270 g/mol. The van der Waals surface area contributed by atoms with Gasteiger partial charge in [-0.05, 0) is 5.56 Å². The van der Waals surface area contributed by atoms with Crippen molar-refractivity contribution in [1.82, 2.24) is 9.80 Å². The quantitative estimate of drug-likeness (QED) is 0.773. The van der Waals surface area contributed by atoms with Crippen LogP contribution in [0.2, 0.25) is 0 Å². The zero-order chi connectivity index (χ0) is 15.2. The fraction of sp³-hybridized carbons (Fsp3) is 0.467. The van der Waals surface area contributed by atoms with Crippen molar-refractivity contribution in [2.45, 2.75) is 6.04 Å². The molecule has 1 atom stereocenters. The number of piperazine rings is 1. The molecule has 1 aromatic rings. The number of amides is 1. The van der Waals surface area contributed by atoms with Gasteiger partial charge in [-0.1, -0.05) is 30.3 Å². The minimum atomic E-state index is -0.411. The first-order valence-electron chi connectivity index (χ1n) is 6.99. The maximum atomic E-state index is 11.8. The van der Waals surface area contributed by atoms with E-state index in [0.29, 0.717) is 26.2 Å². The van der Waals surface area contributed by atoms with Crippen LogP contribution in [0.4, 0.5) is 0 Å². The van der Waals surface area contributed by atoms with Gasteiger partial charge in [-0.15, -0.1) is 0 Å². The first-order valence-corrected chi connectivity index (χ1v) is 6.99. The summed E-state index contributed by atoms with van der Waals surface area (Å²) in [5.41, 5.74) is 6.48. The second-order valence-corrected chi connectivity index (χ2v) is 5.10. The summed E-state index contributed by atoms with van der Waals surface area (Å²) in [7, 11) is 1.39. The van der Waals surface area contributed by atoms with E-state index in [1.807, 2.05) is 35.2 Å². The number of rotatable bonds is 5. The molecule has 6 nitrogen and oxygen atoms in total. The lowest BCUT2D eigenvalue weighted by Crippen LogP contribution is -2.51. The van der Waals surface area contributed by atoms with Gasteiger partial charge in [0, 0.05) is 26.2 Å². The highest BCUT2D eigenvalue weighted by Crippen LogP contribution is 2.21. The Hall–Kier alpha value is -1.92. The number of benzene rings is 1. The van der Waals surface area contributed by atoms with Gasteiger partial charge < -0.3 is 10.5 Å². The van der Waals surface area contributed by atoms with Gasteiger partial charge in [0.05, 0.1) is 13.7 Å². The van der Waals surface area contributed by atoms with Crippen molar-refractivity contribution in [3.63, 3.8) is 0 Å². The van der Waals surface area contributed by atoms with Crippen LogP contribution in [-0.2, 0) is 14.3 Å². The summed E-state index contributed by atoms with van der Waals surface area (Å²) >= 11 is 0. The number of esters is 1. The smallest absolute Gasteiger partial charge is 0.319 e. The summed E-state index contributed by atoms with van der Waals surface area (Å²) in [4.78, 5) is 27.2. The van der Waals surface area contributed by atoms with Gasteiger partial charge in [-0.2, -0.15) is 0 Å². The van der Waals surface area contributed by atoms with Gasteiger partial charge >= 0.3 is 5.97 Å². The largest absolute Gasteiger partial charge is 0.468 e. The van der Waals surface area contributed by atoms with Crippen LogP contribution in [-0.4, -0.2) is 61.5 Å². The molecule has 0 aliphatic carbocycles. The van der Waals surface area contributed by atoms with Crippen LogP contribution in [0.3, 0.4) is 0 Å². The lowest BCUT2D eigenvalue weighted by atomic mass is 10.0. The topological polar surface area (TPSA) is 75.9 Å². The summed E-state index contributed by atoms with van der Waals surface area (Å²) < 4.78 is 4.67. The van der Waals surface area contributed by atoms with E-state index < -0.39 is 6.04 Å². The van der Waals surface area contributed by atoms with Gasteiger partial charge in [0.25, 0.3) is 0 Å².